The lowest BCUT2D eigenvalue weighted by Gasteiger charge is -2.19. The third kappa shape index (κ3) is 6.40. The van der Waals surface area contributed by atoms with Crippen LogP contribution in [0, 0.1) is 0 Å². The van der Waals surface area contributed by atoms with Crippen molar-refractivity contribution in [2.24, 2.45) is 0 Å². The third-order valence-corrected chi connectivity index (χ3v) is 5.65. The van der Waals surface area contributed by atoms with Crippen molar-refractivity contribution in [3.8, 4) is 17.2 Å². The molecule has 0 saturated carbocycles. The molecule has 0 unspecified atom stereocenters. The first-order valence-corrected chi connectivity index (χ1v) is 10.7. The van der Waals surface area contributed by atoms with Crippen LogP contribution in [0.2, 0.25) is 0 Å². The van der Waals surface area contributed by atoms with Gasteiger partial charge in [-0.3, -0.25) is 0 Å². The van der Waals surface area contributed by atoms with Gasteiger partial charge in [0.15, 0.2) is 0 Å². The zero-order chi connectivity index (χ0) is 19.2. The van der Waals surface area contributed by atoms with Crippen molar-refractivity contribution in [1.29, 1.82) is 0 Å². The van der Waals surface area contributed by atoms with Crippen molar-refractivity contribution in [3.05, 3.63) is 91.0 Å². The fraction of sp³-hybridized carbons (Fsp3) is 0. The first kappa shape index (κ1) is 20.0. The molecule has 140 valence electrons. The maximum atomic E-state index is 5.99. The van der Waals surface area contributed by atoms with Gasteiger partial charge in [0.25, 0.3) is 0 Å². The van der Waals surface area contributed by atoms with E-state index >= 15 is 0 Å². The molecule has 0 bridgehead atoms. The number of hydrogen-bond acceptors (Lipinski definition) is 3. The Hall–Kier alpha value is -1.78. The molecule has 3 aromatic carbocycles. The highest BCUT2D eigenvalue weighted by molar-refractivity contribution is 7.64. The molecule has 0 fully saturated rings. The molecule has 0 aliphatic heterocycles. The van der Waals surface area contributed by atoms with Crippen LogP contribution in [0.5, 0.6) is 17.2 Å². The van der Waals surface area contributed by atoms with Gasteiger partial charge in [-0.1, -0.05) is 54.6 Å². The van der Waals surface area contributed by atoms with Gasteiger partial charge >= 0.3 is 12.4 Å². The van der Waals surface area contributed by atoms with Crippen molar-refractivity contribution >= 4 is 46.8 Å². The van der Waals surface area contributed by atoms with E-state index in [4.69, 9.17) is 52.1 Å². The Morgan fingerprint density at radius 1 is 0.556 bits per heavy atom. The van der Waals surface area contributed by atoms with Crippen LogP contribution in [-0.2, 0) is 4.11 Å². The average Bonchev–Trinajstić information content (AvgIpc) is 2.62. The first-order valence-electron chi connectivity index (χ1n) is 7.97. The fourth-order valence-electron chi connectivity index (χ4n) is 2.10. The number of benzene rings is 3. The van der Waals surface area contributed by atoms with E-state index < -0.39 is 12.4 Å². The van der Waals surface area contributed by atoms with Crippen molar-refractivity contribution in [1.82, 2.24) is 0 Å². The highest BCUT2D eigenvalue weighted by Crippen LogP contribution is 2.53. The summed E-state index contributed by atoms with van der Waals surface area (Å²) < 4.78 is 20.8. The third-order valence-electron chi connectivity index (χ3n) is 3.13. The Balaban J connectivity index is 2.09. The molecule has 0 atom stereocenters. The average molecular weight is 443 g/mol. The monoisotopic (exact) mass is 442 g/mol. The first-order chi connectivity index (χ1) is 12.9. The smallest absolute Gasteiger partial charge is 0.448 e. The molecule has 3 aromatic rings. The Kier molecular flexibility index (Phi) is 6.62. The topological polar surface area (TPSA) is 39.0 Å². The molecule has 9 heteroatoms. The minimum atomic E-state index is -3.65. The summed E-state index contributed by atoms with van der Waals surface area (Å²) >= 11 is 17.9. The highest BCUT2D eigenvalue weighted by atomic mass is 35.6. The minimum absolute atomic E-state index is 0.447. The maximum Gasteiger partial charge on any atom is 0.784 e. The van der Waals surface area contributed by atoms with Crippen LogP contribution in [0.4, 0.5) is 0 Å². The predicted molar refractivity (Wildman–Crippen MR) is 112 cm³/mol. The quantitative estimate of drug-likeness (QED) is 0.224. The second kappa shape index (κ2) is 8.94. The summed E-state index contributed by atoms with van der Waals surface area (Å²) in [6.07, 6.45) is 0. The zero-order valence-electron chi connectivity index (χ0n) is 14.0. The molecule has 0 aliphatic carbocycles. The van der Waals surface area contributed by atoms with E-state index in [0.29, 0.717) is 17.2 Å². The predicted octanol–water partition coefficient (Wildman–Crippen LogP) is 7.02. The molecule has 0 saturated heterocycles. The van der Waals surface area contributed by atoms with E-state index in [1.165, 1.54) is 0 Å². The number of para-hydroxylation sites is 3. The summed E-state index contributed by atoms with van der Waals surface area (Å²) in [6, 6.07) is 26.7. The summed E-state index contributed by atoms with van der Waals surface area (Å²) in [6.45, 7) is 0. The second-order valence-corrected chi connectivity index (χ2v) is 9.45. The molecule has 4 nitrogen and oxygen atoms in total. The van der Waals surface area contributed by atoms with Gasteiger partial charge in [-0.25, -0.2) is 34.4 Å². The molecule has 0 amide bonds. The molecule has 0 N–H and O–H groups in total. The Morgan fingerprint density at radius 3 is 1.11 bits per heavy atom. The summed E-state index contributed by atoms with van der Waals surface area (Å²) in [5, 5.41) is 0. The van der Waals surface area contributed by atoms with Gasteiger partial charge in [0.1, 0.15) is 17.2 Å². The molecular formula is C18H15BCl3O4P. The van der Waals surface area contributed by atoms with Gasteiger partial charge in [0, 0.05) is 0 Å². The van der Waals surface area contributed by atoms with E-state index in [9.17, 15) is 0 Å². The minimum Gasteiger partial charge on any atom is -0.448 e. The van der Waals surface area contributed by atoms with E-state index in [-0.39, 0.29) is 0 Å². The number of hydrogen-bond donors (Lipinski definition) is 0. The van der Waals surface area contributed by atoms with Gasteiger partial charge in [-0.2, -0.15) is 0 Å². The number of rotatable bonds is 7. The van der Waals surface area contributed by atoms with E-state index in [1.54, 1.807) is 72.8 Å². The van der Waals surface area contributed by atoms with E-state index in [1.807, 2.05) is 18.2 Å². The van der Waals surface area contributed by atoms with E-state index in [0.717, 1.165) is 0 Å². The molecular weight excluding hydrogens is 428 g/mol. The summed E-state index contributed by atoms with van der Waals surface area (Å²) in [5.74, 6) is 1.34. The summed E-state index contributed by atoms with van der Waals surface area (Å²) in [7, 11) is -3.65. The van der Waals surface area contributed by atoms with E-state index in [2.05, 4.69) is 0 Å². The highest BCUT2D eigenvalue weighted by Gasteiger charge is 2.48. The number of halogens is 3. The van der Waals surface area contributed by atoms with Gasteiger partial charge in [-0.05, 0) is 36.4 Å². The van der Waals surface area contributed by atoms with Gasteiger partial charge < -0.3 is 17.7 Å². The lowest BCUT2D eigenvalue weighted by Crippen LogP contribution is -2.18. The van der Waals surface area contributed by atoms with Crippen LogP contribution >= 0.6 is 42.2 Å². The Morgan fingerprint density at radius 2 is 0.852 bits per heavy atom. The van der Waals surface area contributed by atoms with Crippen LogP contribution < -0.4 is 13.6 Å². The van der Waals surface area contributed by atoms with Crippen LogP contribution in [0.15, 0.2) is 91.0 Å². The molecule has 0 aromatic heterocycles. The Labute approximate surface area is 172 Å². The van der Waals surface area contributed by atoms with Gasteiger partial charge in [0.05, 0.1) is 0 Å². The SMILES string of the molecule is Cl[B-](Cl)(Cl)[O+]=P(Oc1ccccc1)(Oc1ccccc1)Oc1ccccc1. The zero-order valence-corrected chi connectivity index (χ0v) is 17.1. The fourth-order valence-corrected chi connectivity index (χ4v) is 4.65. The van der Waals surface area contributed by atoms with Crippen LogP contribution in [-0.4, -0.2) is 4.59 Å². The molecule has 3 rings (SSSR count). The molecule has 0 radical (unpaired) electrons. The molecule has 0 aliphatic rings. The second-order valence-electron chi connectivity index (χ2n) is 5.28. The normalized spacial score (nSPS) is 11.5. The van der Waals surface area contributed by atoms with Gasteiger partial charge in [0.2, 0.25) is 0 Å². The van der Waals surface area contributed by atoms with Crippen molar-refractivity contribution < 1.29 is 17.7 Å². The lowest BCUT2D eigenvalue weighted by atomic mass is 10.3. The Bertz CT molecular complexity index is 798. The molecule has 0 heterocycles. The molecule has 0 spiro atoms. The summed E-state index contributed by atoms with van der Waals surface area (Å²) in [4.78, 5) is 0. The molecule has 27 heavy (non-hydrogen) atoms. The van der Waals surface area contributed by atoms with Crippen LogP contribution in [0.25, 0.3) is 0 Å². The van der Waals surface area contributed by atoms with Crippen molar-refractivity contribution in [3.63, 3.8) is 0 Å². The standard InChI is InChI=1S/C18H15BCl3O4P/c20-19(21,22)26-27(23-16-10-4-1-5-11-16,24-17-12-6-2-7-13-17)25-18-14-8-3-9-15-18/h1-15H. The maximum absolute atomic E-state index is 5.99. The summed E-state index contributed by atoms with van der Waals surface area (Å²) in [5.41, 5.74) is 0. The van der Waals surface area contributed by atoms with Crippen molar-refractivity contribution in [2.75, 3.05) is 0 Å². The lowest BCUT2D eigenvalue weighted by molar-refractivity contribution is 0.233. The largest absolute Gasteiger partial charge is 0.784 e. The van der Waals surface area contributed by atoms with Crippen molar-refractivity contribution in [2.45, 2.75) is 0 Å². The van der Waals surface area contributed by atoms with Crippen LogP contribution in [0.3, 0.4) is 0 Å². The van der Waals surface area contributed by atoms with Gasteiger partial charge in [-0.15, -0.1) is 0 Å². The van der Waals surface area contributed by atoms with Crippen LogP contribution in [0.1, 0.15) is 0 Å².